The van der Waals surface area contributed by atoms with E-state index >= 15 is 0 Å². The number of halogens is 1. The predicted octanol–water partition coefficient (Wildman–Crippen LogP) is 6.09. The van der Waals surface area contributed by atoms with Crippen LogP contribution in [0.25, 0.3) is 0 Å². The van der Waals surface area contributed by atoms with Crippen molar-refractivity contribution in [2.75, 3.05) is 17.4 Å². The Morgan fingerprint density at radius 1 is 0.814 bits per heavy atom. The van der Waals surface area contributed by atoms with Gasteiger partial charge in [-0.3, -0.25) is 13.9 Å². The minimum Gasteiger partial charge on any atom is -0.354 e. The van der Waals surface area contributed by atoms with Gasteiger partial charge in [-0.05, 0) is 47.9 Å². The molecule has 0 spiro atoms. The van der Waals surface area contributed by atoms with Crippen LogP contribution in [0.5, 0.6) is 0 Å². The molecular weight excluding hydrogens is 582 g/mol. The zero-order valence-electron chi connectivity index (χ0n) is 24.1. The van der Waals surface area contributed by atoms with E-state index in [2.05, 4.69) is 5.32 Å². The number of nitrogens with zero attached hydrogens (tertiary/aromatic N) is 2. The Balaban J connectivity index is 1.77. The second-order valence-electron chi connectivity index (χ2n) is 10.1. The lowest BCUT2D eigenvalue weighted by Gasteiger charge is -2.34. The van der Waals surface area contributed by atoms with E-state index in [1.54, 1.807) is 66.7 Å². The molecule has 0 aromatic heterocycles. The molecule has 0 heterocycles. The first-order valence-corrected chi connectivity index (χ1v) is 16.1. The zero-order valence-corrected chi connectivity index (χ0v) is 25.7. The van der Waals surface area contributed by atoms with Crippen LogP contribution in [-0.4, -0.2) is 44.3 Å². The number of para-hydroxylation sites is 1. The normalized spacial score (nSPS) is 11.9. The first kappa shape index (κ1) is 31.8. The summed E-state index contributed by atoms with van der Waals surface area (Å²) in [7, 11) is -4.13. The number of sulfonamides is 1. The highest BCUT2D eigenvalue weighted by Gasteiger charge is 2.34. The highest BCUT2D eigenvalue weighted by molar-refractivity contribution is 7.92. The van der Waals surface area contributed by atoms with Crippen LogP contribution in [0.15, 0.2) is 120 Å². The predicted molar refractivity (Wildman–Crippen MR) is 171 cm³/mol. The van der Waals surface area contributed by atoms with Gasteiger partial charge in [0, 0.05) is 24.5 Å². The molecule has 0 fully saturated rings. The molecule has 9 heteroatoms. The van der Waals surface area contributed by atoms with Crippen molar-refractivity contribution in [2.45, 2.75) is 43.7 Å². The van der Waals surface area contributed by atoms with E-state index in [0.29, 0.717) is 22.8 Å². The summed E-state index contributed by atoms with van der Waals surface area (Å²) in [6.07, 6.45) is 1.93. The lowest BCUT2D eigenvalue weighted by atomic mass is 10.0. The van der Waals surface area contributed by atoms with Gasteiger partial charge < -0.3 is 10.2 Å². The summed E-state index contributed by atoms with van der Waals surface area (Å²) in [5.74, 6) is -0.843. The number of hydrogen-bond donors (Lipinski definition) is 1. The van der Waals surface area contributed by atoms with Crippen LogP contribution in [-0.2, 0) is 32.6 Å². The number of rotatable bonds is 14. The van der Waals surface area contributed by atoms with Crippen LogP contribution in [0.4, 0.5) is 5.69 Å². The molecule has 0 aliphatic heterocycles. The van der Waals surface area contributed by atoms with Gasteiger partial charge in [-0.15, -0.1) is 0 Å². The van der Waals surface area contributed by atoms with Crippen molar-refractivity contribution in [3.63, 3.8) is 0 Å². The maximum Gasteiger partial charge on any atom is 0.264 e. The largest absolute Gasteiger partial charge is 0.354 e. The third-order valence-corrected chi connectivity index (χ3v) is 9.21. The lowest BCUT2D eigenvalue weighted by molar-refractivity contribution is -0.140. The average Bonchev–Trinajstić information content (AvgIpc) is 3.03. The quantitative estimate of drug-likeness (QED) is 0.174. The number of carbonyl (C=O) groups excluding carboxylic acids is 2. The number of amides is 2. The molecule has 0 bridgehead atoms. The fourth-order valence-electron chi connectivity index (χ4n) is 4.71. The summed E-state index contributed by atoms with van der Waals surface area (Å²) in [6, 6.07) is 32.2. The topological polar surface area (TPSA) is 86.8 Å². The molecule has 7 nitrogen and oxygen atoms in total. The van der Waals surface area contributed by atoms with Crippen molar-refractivity contribution >= 4 is 39.1 Å². The Morgan fingerprint density at radius 2 is 1.40 bits per heavy atom. The fourth-order valence-corrected chi connectivity index (χ4v) is 6.34. The monoisotopic (exact) mass is 617 g/mol. The van der Waals surface area contributed by atoms with E-state index in [9.17, 15) is 18.0 Å². The first-order valence-electron chi connectivity index (χ1n) is 14.3. The molecule has 1 N–H and O–H groups in total. The third-order valence-electron chi connectivity index (χ3n) is 7.05. The Kier molecular flexibility index (Phi) is 11.4. The van der Waals surface area contributed by atoms with Gasteiger partial charge in [-0.1, -0.05) is 110 Å². The van der Waals surface area contributed by atoms with Gasteiger partial charge in [0.25, 0.3) is 10.0 Å². The second-order valence-corrected chi connectivity index (χ2v) is 12.4. The molecule has 0 radical (unpaired) electrons. The Hall–Kier alpha value is -4.14. The van der Waals surface area contributed by atoms with Gasteiger partial charge in [0.1, 0.15) is 12.6 Å². The average molecular weight is 618 g/mol. The summed E-state index contributed by atoms with van der Waals surface area (Å²) in [5.41, 5.74) is 1.85. The number of unbranched alkanes of at least 4 members (excludes halogenated alkanes) is 1. The number of carbonyl (C=O) groups is 2. The summed E-state index contributed by atoms with van der Waals surface area (Å²) in [5, 5.41) is 3.43. The fraction of sp³-hybridized carbons (Fsp3) is 0.235. The standard InChI is InChI=1S/C34H36ClN3O4S/c1-2-3-23-36-34(40)32(24-27-15-7-4-8-16-27)37(25-28-17-13-14-22-31(28)35)33(39)26-38(29-18-9-5-10-19-29)43(41,42)30-20-11-6-12-21-30/h4-22,32H,2-3,23-26H2,1H3,(H,36,40)/t32-/m0/s1. The van der Waals surface area contributed by atoms with Crippen molar-refractivity contribution in [2.24, 2.45) is 0 Å². The highest BCUT2D eigenvalue weighted by atomic mass is 35.5. The molecule has 0 saturated heterocycles. The van der Waals surface area contributed by atoms with Crippen molar-refractivity contribution in [3.8, 4) is 0 Å². The number of benzene rings is 4. The minimum atomic E-state index is -4.13. The number of nitrogens with one attached hydrogen (secondary N) is 1. The van der Waals surface area contributed by atoms with Gasteiger partial charge in [-0.2, -0.15) is 0 Å². The number of anilines is 1. The van der Waals surface area contributed by atoms with Gasteiger partial charge in [-0.25, -0.2) is 8.42 Å². The molecule has 0 unspecified atom stereocenters. The van der Waals surface area contributed by atoms with Crippen LogP contribution < -0.4 is 9.62 Å². The van der Waals surface area contributed by atoms with Gasteiger partial charge in [0.05, 0.1) is 10.6 Å². The van der Waals surface area contributed by atoms with E-state index in [1.165, 1.54) is 17.0 Å². The van der Waals surface area contributed by atoms with E-state index in [1.807, 2.05) is 43.3 Å². The maximum atomic E-state index is 14.4. The highest BCUT2D eigenvalue weighted by Crippen LogP contribution is 2.26. The first-order chi connectivity index (χ1) is 20.8. The molecule has 43 heavy (non-hydrogen) atoms. The van der Waals surface area contributed by atoms with Gasteiger partial charge in [0.15, 0.2) is 0 Å². The van der Waals surface area contributed by atoms with Gasteiger partial charge in [0.2, 0.25) is 11.8 Å². The van der Waals surface area contributed by atoms with Crippen molar-refractivity contribution in [1.82, 2.24) is 10.2 Å². The van der Waals surface area contributed by atoms with Crippen LogP contribution in [0, 0.1) is 0 Å². The molecule has 4 rings (SSSR count). The smallest absolute Gasteiger partial charge is 0.264 e. The van der Waals surface area contributed by atoms with Crippen molar-refractivity contribution in [3.05, 3.63) is 131 Å². The minimum absolute atomic E-state index is 0.0191. The van der Waals surface area contributed by atoms with Crippen LogP contribution in [0.3, 0.4) is 0 Å². The molecule has 0 aliphatic rings. The summed E-state index contributed by atoms with van der Waals surface area (Å²) >= 11 is 6.53. The third kappa shape index (κ3) is 8.46. The molecular formula is C34H36ClN3O4S. The van der Waals surface area contributed by atoms with Gasteiger partial charge >= 0.3 is 0 Å². The molecule has 0 aliphatic carbocycles. The van der Waals surface area contributed by atoms with Crippen LogP contribution in [0.1, 0.15) is 30.9 Å². The Labute approximate surface area is 259 Å². The molecule has 1 atom stereocenters. The zero-order chi connectivity index (χ0) is 30.7. The Morgan fingerprint density at radius 3 is 2.02 bits per heavy atom. The molecule has 224 valence electrons. The van der Waals surface area contributed by atoms with E-state index < -0.39 is 28.5 Å². The van der Waals surface area contributed by atoms with E-state index in [0.717, 1.165) is 22.7 Å². The summed E-state index contributed by atoms with van der Waals surface area (Å²) in [4.78, 5) is 29.6. The van der Waals surface area contributed by atoms with Crippen molar-refractivity contribution in [1.29, 1.82) is 0 Å². The second kappa shape index (κ2) is 15.4. The lowest BCUT2D eigenvalue weighted by Crippen LogP contribution is -2.53. The molecule has 4 aromatic carbocycles. The summed E-state index contributed by atoms with van der Waals surface area (Å²) < 4.78 is 29.0. The summed E-state index contributed by atoms with van der Waals surface area (Å²) in [6.45, 7) is 2.00. The van der Waals surface area contributed by atoms with E-state index in [-0.39, 0.29) is 23.8 Å². The maximum absolute atomic E-state index is 14.4. The van der Waals surface area contributed by atoms with Crippen molar-refractivity contribution < 1.29 is 18.0 Å². The Bertz CT molecular complexity index is 1590. The van der Waals surface area contributed by atoms with E-state index in [4.69, 9.17) is 11.6 Å². The number of hydrogen-bond acceptors (Lipinski definition) is 4. The molecule has 0 saturated carbocycles. The molecule has 2 amide bonds. The molecule has 4 aromatic rings. The van der Waals surface area contributed by atoms with Crippen LogP contribution in [0.2, 0.25) is 5.02 Å². The van der Waals surface area contributed by atoms with Crippen LogP contribution >= 0.6 is 11.6 Å². The SMILES string of the molecule is CCCCNC(=O)[C@H](Cc1ccccc1)N(Cc1ccccc1Cl)C(=O)CN(c1ccccc1)S(=O)(=O)c1ccccc1.